The van der Waals surface area contributed by atoms with Crippen molar-refractivity contribution in [1.29, 1.82) is 0 Å². The number of nitrogens with zero attached hydrogens (tertiary/aromatic N) is 1. The molecule has 3 amide bonds. The van der Waals surface area contributed by atoms with Gasteiger partial charge in [-0.3, -0.25) is 9.69 Å². The summed E-state index contributed by atoms with van der Waals surface area (Å²) < 4.78 is 0.942. The first kappa shape index (κ1) is 13.1. The third-order valence-corrected chi connectivity index (χ3v) is 3.41. The molecule has 2 rings (SSSR count). The normalized spacial score (nSPS) is 19.2. The van der Waals surface area contributed by atoms with Crippen molar-refractivity contribution in [3.8, 4) is 0 Å². The molecule has 18 heavy (non-hydrogen) atoms. The second-order valence-corrected chi connectivity index (χ2v) is 5.26. The van der Waals surface area contributed by atoms with Crippen molar-refractivity contribution in [2.45, 2.75) is 32.4 Å². The highest BCUT2D eigenvalue weighted by atomic mass is 79.9. The molecular weight excluding hydrogens is 296 g/mol. The quantitative estimate of drug-likeness (QED) is 0.869. The maximum Gasteiger partial charge on any atom is 0.325 e. The molecule has 1 N–H and O–H groups in total. The summed E-state index contributed by atoms with van der Waals surface area (Å²) in [5.74, 6) is -0.123. The molecule has 4 nitrogen and oxygen atoms in total. The van der Waals surface area contributed by atoms with Crippen LogP contribution in [0.25, 0.3) is 0 Å². The van der Waals surface area contributed by atoms with Crippen LogP contribution in [0.5, 0.6) is 0 Å². The molecule has 1 aliphatic heterocycles. The number of halogens is 1. The summed E-state index contributed by atoms with van der Waals surface area (Å²) >= 11 is 3.37. The average molecular weight is 311 g/mol. The van der Waals surface area contributed by atoms with Crippen LogP contribution in [0.15, 0.2) is 28.7 Å². The first-order valence-corrected chi connectivity index (χ1v) is 6.77. The van der Waals surface area contributed by atoms with Gasteiger partial charge in [-0.15, -0.1) is 0 Å². The Labute approximate surface area is 114 Å². The van der Waals surface area contributed by atoms with Crippen molar-refractivity contribution in [1.82, 2.24) is 10.2 Å². The summed E-state index contributed by atoms with van der Waals surface area (Å²) in [7, 11) is 0. The number of imide groups is 1. The lowest BCUT2D eigenvalue weighted by molar-refractivity contribution is -0.128. The van der Waals surface area contributed by atoms with Crippen LogP contribution < -0.4 is 5.32 Å². The largest absolute Gasteiger partial charge is 0.326 e. The summed E-state index contributed by atoms with van der Waals surface area (Å²) in [5.41, 5.74) is 0.935. The van der Waals surface area contributed by atoms with Crippen LogP contribution in [0.1, 0.15) is 25.3 Å². The molecule has 0 aliphatic carbocycles. The molecule has 1 fully saturated rings. The van der Waals surface area contributed by atoms with Gasteiger partial charge in [0.05, 0.1) is 6.54 Å². The van der Waals surface area contributed by atoms with Gasteiger partial charge in [0.25, 0.3) is 5.91 Å². The number of carbonyl (C=O) groups is 2. The third kappa shape index (κ3) is 2.72. The molecule has 0 saturated carbocycles. The van der Waals surface area contributed by atoms with Crippen molar-refractivity contribution in [2.75, 3.05) is 0 Å². The van der Waals surface area contributed by atoms with Crippen LogP contribution in [0.4, 0.5) is 4.79 Å². The van der Waals surface area contributed by atoms with E-state index in [1.54, 1.807) is 0 Å². The maximum atomic E-state index is 12.0. The lowest BCUT2D eigenvalue weighted by Crippen LogP contribution is -2.30. The van der Waals surface area contributed by atoms with Crippen LogP contribution in [0.2, 0.25) is 0 Å². The van der Waals surface area contributed by atoms with Crippen molar-refractivity contribution in [3.63, 3.8) is 0 Å². The fraction of sp³-hybridized carbons (Fsp3) is 0.385. The number of hydrogen-bond donors (Lipinski definition) is 1. The van der Waals surface area contributed by atoms with E-state index in [0.717, 1.165) is 16.5 Å². The van der Waals surface area contributed by atoms with Gasteiger partial charge in [-0.1, -0.05) is 41.4 Å². The fourth-order valence-electron chi connectivity index (χ4n) is 2.03. The maximum absolute atomic E-state index is 12.0. The molecule has 1 atom stereocenters. The van der Waals surface area contributed by atoms with Gasteiger partial charge in [0.15, 0.2) is 0 Å². The summed E-state index contributed by atoms with van der Waals surface area (Å²) in [6.07, 6.45) is 1.57. The molecular formula is C13H15BrN2O2. The first-order valence-electron chi connectivity index (χ1n) is 5.98. The molecule has 1 aromatic rings. The number of rotatable bonds is 4. The molecule has 1 heterocycles. The highest BCUT2D eigenvalue weighted by molar-refractivity contribution is 9.10. The van der Waals surface area contributed by atoms with Gasteiger partial charge in [-0.25, -0.2) is 4.79 Å². The number of benzene rings is 1. The Hall–Kier alpha value is -1.36. The molecule has 1 saturated heterocycles. The second kappa shape index (κ2) is 5.52. The smallest absolute Gasteiger partial charge is 0.325 e. The van der Waals surface area contributed by atoms with Crippen molar-refractivity contribution in [3.05, 3.63) is 34.3 Å². The van der Waals surface area contributed by atoms with Gasteiger partial charge in [0.2, 0.25) is 0 Å². The highest BCUT2D eigenvalue weighted by Gasteiger charge is 2.36. The van der Waals surface area contributed by atoms with Crippen molar-refractivity contribution < 1.29 is 9.59 Å². The Morgan fingerprint density at radius 2 is 2.17 bits per heavy atom. The van der Waals surface area contributed by atoms with E-state index < -0.39 is 0 Å². The summed E-state index contributed by atoms with van der Waals surface area (Å²) in [6.45, 7) is 2.32. The van der Waals surface area contributed by atoms with Gasteiger partial charge in [0.1, 0.15) is 6.04 Å². The Kier molecular flexibility index (Phi) is 4.01. The number of nitrogens with one attached hydrogen (secondary N) is 1. The summed E-state index contributed by atoms with van der Waals surface area (Å²) in [4.78, 5) is 25.0. The van der Waals surface area contributed by atoms with Crippen LogP contribution in [0.3, 0.4) is 0 Å². The predicted octanol–water partition coefficient (Wildman–Crippen LogP) is 2.67. The molecule has 5 heteroatoms. The van der Waals surface area contributed by atoms with E-state index in [9.17, 15) is 9.59 Å². The van der Waals surface area contributed by atoms with Crippen LogP contribution >= 0.6 is 15.9 Å². The first-order chi connectivity index (χ1) is 8.61. The summed E-state index contributed by atoms with van der Waals surface area (Å²) in [5, 5.41) is 2.72. The van der Waals surface area contributed by atoms with Gasteiger partial charge >= 0.3 is 6.03 Å². The molecule has 0 aromatic heterocycles. The number of carbonyl (C=O) groups excluding carboxylic acids is 2. The zero-order valence-electron chi connectivity index (χ0n) is 10.1. The number of urea groups is 1. The predicted molar refractivity (Wildman–Crippen MR) is 71.9 cm³/mol. The third-order valence-electron chi connectivity index (χ3n) is 2.91. The van der Waals surface area contributed by atoms with Gasteiger partial charge in [-0.05, 0) is 24.1 Å². The van der Waals surface area contributed by atoms with Crippen molar-refractivity contribution in [2.24, 2.45) is 0 Å². The minimum Gasteiger partial charge on any atom is -0.326 e. The second-order valence-electron chi connectivity index (χ2n) is 4.35. The average Bonchev–Trinajstić information content (AvgIpc) is 2.58. The standard InChI is InChI=1S/C13H15BrN2O2/c1-2-4-11-12(17)16(13(18)15-11)8-9-5-3-6-10(14)7-9/h3,5-7,11H,2,4,8H2,1H3,(H,15,18)/t11-/m0/s1. The monoisotopic (exact) mass is 310 g/mol. The molecule has 96 valence electrons. The van der Waals surface area contributed by atoms with Crippen LogP contribution in [-0.4, -0.2) is 22.9 Å². The molecule has 0 radical (unpaired) electrons. The highest BCUT2D eigenvalue weighted by Crippen LogP contribution is 2.17. The Bertz CT molecular complexity index is 476. The number of hydrogen-bond acceptors (Lipinski definition) is 2. The van der Waals surface area contributed by atoms with Gasteiger partial charge in [0, 0.05) is 4.47 Å². The molecule has 0 bridgehead atoms. The fourth-order valence-corrected chi connectivity index (χ4v) is 2.48. The molecule has 1 aromatic carbocycles. The zero-order chi connectivity index (χ0) is 13.1. The Morgan fingerprint density at radius 3 is 2.83 bits per heavy atom. The van der Waals surface area contributed by atoms with Crippen LogP contribution in [-0.2, 0) is 11.3 Å². The Balaban J connectivity index is 2.10. The molecule has 1 aliphatic rings. The number of amides is 3. The van der Waals surface area contributed by atoms with Gasteiger partial charge < -0.3 is 5.32 Å². The van der Waals surface area contributed by atoms with E-state index in [0.29, 0.717) is 13.0 Å². The summed E-state index contributed by atoms with van der Waals surface area (Å²) in [6, 6.07) is 6.97. The molecule has 0 unspecified atom stereocenters. The topological polar surface area (TPSA) is 49.4 Å². The zero-order valence-corrected chi connectivity index (χ0v) is 11.7. The van der Waals surface area contributed by atoms with Crippen LogP contribution in [0, 0.1) is 0 Å². The van der Waals surface area contributed by atoms with E-state index in [2.05, 4.69) is 21.2 Å². The Morgan fingerprint density at radius 1 is 1.39 bits per heavy atom. The van der Waals surface area contributed by atoms with Crippen molar-refractivity contribution >= 4 is 27.9 Å². The van der Waals surface area contributed by atoms with E-state index in [-0.39, 0.29) is 18.0 Å². The van der Waals surface area contributed by atoms with E-state index >= 15 is 0 Å². The minimum absolute atomic E-state index is 0.123. The van der Waals surface area contributed by atoms with E-state index in [4.69, 9.17) is 0 Å². The molecule has 0 spiro atoms. The minimum atomic E-state index is -0.352. The van der Waals surface area contributed by atoms with E-state index in [1.807, 2.05) is 31.2 Å². The lowest BCUT2D eigenvalue weighted by Gasteiger charge is -2.13. The SMILES string of the molecule is CCC[C@@H]1NC(=O)N(Cc2cccc(Br)c2)C1=O. The lowest BCUT2D eigenvalue weighted by atomic mass is 10.1. The van der Waals surface area contributed by atoms with E-state index in [1.165, 1.54) is 4.90 Å². The van der Waals surface area contributed by atoms with Gasteiger partial charge in [-0.2, -0.15) is 0 Å².